The molecule has 29 heavy (non-hydrogen) atoms. The summed E-state index contributed by atoms with van der Waals surface area (Å²) < 4.78 is 5.24. The van der Waals surface area contributed by atoms with Gasteiger partial charge in [0.2, 0.25) is 0 Å². The number of unbranched alkanes of at least 4 members (excludes halogenated alkanes) is 2. The number of nitro groups is 1. The van der Waals surface area contributed by atoms with E-state index in [1.54, 1.807) is 23.5 Å². The van der Waals surface area contributed by atoms with E-state index in [1.807, 2.05) is 0 Å². The molecule has 0 aliphatic heterocycles. The number of aliphatic hydroxyl groups excluding tert-OH is 2. The summed E-state index contributed by atoms with van der Waals surface area (Å²) in [5.74, 6) is 1.33. The molecule has 1 rings (SSSR count). The predicted octanol–water partition coefficient (Wildman–Crippen LogP) is 4.26. The van der Waals surface area contributed by atoms with Gasteiger partial charge in [0.25, 0.3) is 5.69 Å². The highest BCUT2D eigenvalue weighted by molar-refractivity contribution is 8.17. The van der Waals surface area contributed by atoms with Crippen LogP contribution in [0.4, 0.5) is 5.69 Å². The fourth-order valence-electron chi connectivity index (χ4n) is 2.33. The summed E-state index contributed by atoms with van der Waals surface area (Å²) in [6, 6.07) is 5.03. The topological polar surface area (TPSA) is 110 Å². The second-order valence-electron chi connectivity index (χ2n) is 6.65. The number of non-ortho nitro benzene ring substituents is 1. The van der Waals surface area contributed by atoms with E-state index in [4.69, 9.17) is 4.74 Å². The Bertz CT molecular complexity index is 603. The standard InChI is InChI=1S/C20H31NO6S2/c1-3-5-11-28-19(29-12-6-4-2)13-17(22)18(23)14-27-20(24)15-7-9-16(10-8-15)21(25)26/h7-10,17-19,22-23H,3-6,11-14H2,1-2H3/t17-,18+/m0/s1. The Hall–Kier alpha value is -1.29. The van der Waals surface area contributed by atoms with Crippen LogP contribution in [0.1, 0.15) is 56.3 Å². The molecule has 0 spiro atoms. The van der Waals surface area contributed by atoms with Gasteiger partial charge in [0.15, 0.2) is 0 Å². The zero-order valence-electron chi connectivity index (χ0n) is 17.0. The van der Waals surface area contributed by atoms with E-state index in [0.717, 1.165) is 37.2 Å². The van der Waals surface area contributed by atoms with Gasteiger partial charge in [-0.25, -0.2) is 4.79 Å². The molecule has 0 fully saturated rings. The first-order valence-corrected chi connectivity index (χ1v) is 12.0. The molecule has 0 saturated heterocycles. The molecule has 1 aromatic carbocycles. The lowest BCUT2D eigenvalue weighted by Crippen LogP contribution is -2.33. The molecular weight excluding hydrogens is 414 g/mol. The highest BCUT2D eigenvalue weighted by atomic mass is 32.2. The number of hydrogen-bond acceptors (Lipinski definition) is 8. The highest BCUT2D eigenvalue weighted by Gasteiger charge is 2.23. The van der Waals surface area contributed by atoms with Gasteiger partial charge in [-0.15, -0.1) is 23.5 Å². The van der Waals surface area contributed by atoms with E-state index in [-0.39, 0.29) is 22.4 Å². The summed E-state index contributed by atoms with van der Waals surface area (Å²) in [4.78, 5) is 22.1. The van der Waals surface area contributed by atoms with Crippen molar-refractivity contribution in [3.8, 4) is 0 Å². The van der Waals surface area contributed by atoms with Crippen LogP contribution in [0.5, 0.6) is 0 Å². The van der Waals surface area contributed by atoms with Crippen LogP contribution in [0, 0.1) is 10.1 Å². The third-order valence-corrected chi connectivity index (χ3v) is 7.17. The smallest absolute Gasteiger partial charge is 0.338 e. The molecule has 0 aliphatic rings. The molecule has 2 N–H and O–H groups in total. The van der Waals surface area contributed by atoms with Gasteiger partial charge in [0, 0.05) is 12.1 Å². The first-order valence-electron chi connectivity index (χ1n) is 9.89. The third-order valence-electron chi connectivity index (χ3n) is 4.18. The van der Waals surface area contributed by atoms with Crippen LogP contribution in [0.15, 0.2) is 24.3 Å². The Morgan fingerprint density at radius 3 is 2.10 bits per heavy atom. The number of aliphatic hydroxyl groups is 2. The fraction of sp³-hybridized carbons (Fsp3) is 0.650. The molecule has 0 radical (unpaired) electrons. The van der Waals surface area contributed by atoms with E-state index in [0.29, 0.717) is 6.42 Å². The van der Waals surface area contributed by atoms with Crippen molar-refractivity contribution in [1.82, 2.24) is 0 Å². The van der Waals surface area contributed by atoms with Gasteiger partial charge >= 0.3 is 5.97 Å². The van der Waals surface area contributed by atoms with Crippen molar-refractivity contribution in [2.75, 3.05) is 18.1 Å². The van der Waals surface area contributed by atoms with Crippen LogP contribution in [-0.4, -0.2) is 56.0 Å². The van der Waals surface area contributed by atoms with E-state index in [2.05, 4.69) is 13.8 Å². The van der Waals surface area contributed by atoms with Gasteiger partial charge in [-0.2, -0.15) is 0 Å². The quantitative estimate of drug-likeness (QED) is 0.135. The predicted molar refractivity (Wildman–Crippen MR) is 119 cm³/mol. The Morgan fingerprint density at radius 2 is 1.62 bits per heavy atom. The minimum Gasteiger partial charge on any atom is -0.459 e. The normalized spacial score (nSPS) is 13.3. The number of rotatable bonds is 15. The maximum absolute atomic E-state index is 12.0. The molecule has 0 saturated carbocycles. The summed E-state index contributed by atoms with van der Waals surface area (Å²) in [6.07, 6.45) is 2.69. The largest absolute Gasteiger partial charge is 0.459 e. The molecule has 7 nitrogen and oxygen atoms in total. The van der Waals surface area contributed by atoms with Crippen molar-refractivity contribution in [2.24, 2.45) is 0 Å². The maximum atomic E-state index is 12.0. The fourth-order valence-corrected chi connectivity index (χ4v) is 5.40. The molecule has 1 aromatic rings. The van der Waals surface area contributed by atoms with Crippen molar-refractivity contribution in [1.29, 1.82) is 0 Å². The lowest BCUT2D eigenvalue weighted by Gasteiger charge is -2.23. The molecule has 0 bridgehead atoms. The lowest BCUT2D eigenvalue weighted by atomic mass is 10.1. The van der Waals surface area contributed by atoms with Crippen LogP contribution in [0.2, 0.25) is 0 Å². The van der Waals surface area contributed by atoms with E-state index in [9.17, 15) is 25.1 Å². The number of hydrogen-bond donors (Lipinski definition) is 2. The number of carbonyl (C=O) groups is 1. The van der Waals surface area contributed by atoms with Crippen molar-refractivity contribution in [2.45, 2.75) is 62.7 Å². The Kier molecular flexibility index (Phi) is 13.0. The van der Waals surface area contributed by atoms with Crippen molar-refractivity contribution < 1.29 is 24.7 Å². The molecule has 0 aromatic heterocycles. The molecule has 0 aliphatic carbocycles. The summed E-state index contributed by atoms with van der Waals surface area (Å²) in [5.41, 5.74) is 0.0320. The number of nitrogens with zero attached hydrogens (tertiary/aromatic N) is 1. The average molecular weight is 446 g/mol. The Labute approximate surface area is 180 Å². The van der Waals surface area contributed by atoms with Crippen LogP contribution in [-0.2, 0) is 4.74 Å². The van der Waals surface area contributed by atoms with Gasteiger partial charge in [0.05, 0.1) is 21.2 Å². The van der Waals surface area contributed by atoms with Crippen LogP contribution >= 0.6 is 23.5 Å². The number of benzene rings is 1. The summed E-state index contributed by atoms with van der Waals surface area (Å²) in [7, 11) is 0. The lowest BCUT2D eigenvalue weighted by molar-refractivity contribution is -0.384. The van der Waals surface area contributed by atoms with Gasteiger partial charge in [-0.3, -0.25) is 10.1 Å². The SMILES string of the molecule is CCCCSC(C[C@H](O)[C@H](O)COC(=O)c1ccc([N+](=O)[O-])cc1)SCCCC. The molecular formula is C20H31NO6S2. The zero-order chi connectivity index (χ0) is 21.6. The van der Waals surface area contributed by atoms with Crippen LogP contribution in [0.25, 0.3) is 0 Å². The van der Waals surface area contributed by atoms with Crippen molar-refractivity contribution in [3.05, 3.63) is 39.9 Å². The van der Waals surface area contributed by atoms with Gasteiger partial charge in [0.1, 0.15) is 12.7 Å². The summed E-state index contributed by atoms with van der Waals surface area (Å²) in [6.45, 7) is 3.94. The van der Waals surface area contributed by atoms with E-state index < -0.39 is 23.1 Å². The Balaban J connectivity index is 2.49. The Morgan fingerprint density at radius 1 is 1.07 bits per heavy atom. The number of ether oxygens (including phenoxy) is 1. The molecule has 0 unspecified atom stereocenters. The number of esters is 1. The van der Waals surface area contributed by atoms with Crippen LogP contribution < -0.4 is 0 Å². The maximum Gasteiger partial charge on any atom is 0.338 e. The van der Waals surface area contributed by atoms with Crippen LogP contribution in [0.3, 0.4) is 0 Å². The molecule has 9 heteroatoms. The van der Waals surface area contributed by atoms with Crippen molar-refractivity contribution >= 4 is 35.2 Å². The summed E-state index contributed by atoms with van der Waals surface area (Å²) >= 11 is 3.59. The summed E-state index contributed by atoms with van der Waals surface area (Å²) in [5, 5.41) is 31.2. The van der Waals surface area contributed by atoms with Gasteiger partial charge in [-0.05, 0) is 42.9 Å². The molecule has 2 atom stereocenters. The first-order chi connectivity index (χ1) is 13.9. The number of nitro benzene ring substituents is 1. The average Bonchev–Trinajstić information content (AvgIpc) is 2.71. The van der Waals surface area contributed by atoms with E-state index in [1.165, 1.54) is 24.3 Å². The van der Waals surface area contributed by atoms with Crippen molar-refractivity contribution in [3.63, 3.8) is 0 Å². The number of carbonyl (C=O) groups excluding carboxylic acids is 1. The second kappa shape index (κ2) is 14.7. The third kappa shape index (κ3) is 10.3. The molecule has 0 heterocycles. The minimum absolute atomic E-state index is 0.121. The first kappa shape index (κ1) is 25.7. The zero-order valence-corrected chi connectivity index (χ0v) is 18.6. The van der Waals surface area contributed by atoms with Gasteiger partial charge in [-0.1, -0.05) is 26.7 Å². The number of thioether (sulfide) groups is 2. The molecule has 0 amide bonds. The monoisotopic (exact) mass is 445 g/mol. The minimum atomic E-state index is -1.18. The van der Waals surface area contributed by atoms with E-state index >= 15 is 0 Å². The second-order valence-corrected chi connectivity index (χ2v) is 9.57. The van der Waals surface area contributed by atoms with Gasteiger partial charge < -0.3 is 14.9 Å². The molecule has 164 valence electrons. The highest BCUT2D eigenvalue weighted by Crippen LogP contribution is 2.30.